The molecule has 1 N–H and O–H groups in total. The zero-order valence-electron chi connectivity index (χ0n) is 14.3. The number of phenols is 1. The molecule has 5 nitrogen and oxygen atoms in total. The summed E-state index contributed by atoms with van der Waals surface area (Å²) < 4.78 is 0.979. The summed E-state index contributed by atoms with van der Waals surface area (Å²) in [6.45, 7) is 0. The van der Waals surface area contributed by atoms with Crippen molar-refractivity contribution in [2.24, 2.45) is 5.10 Å². The predicted molar refractivity (Wildman–Crippen MR) is 107 cm³/mol. The standard InChI is InChI=1S/C21H16BrN3O2/c22-16-7-5-14(6-8-16)18-13-19(17-3-1-2-4-20(17)26)25(24-18)21(27)15-9-11-23-12-10-15/h1-12,19,26H,13H2/t19-/m1/s1. The number of pyridine rings is 1. The van der Waals surface area contributed by atoms with Gasteiger partial charge < -0.3 is 5.11 Å². The summed E-state index contributed by atoms with van der Waals surface area (Å²) in [6.07, 6.45) is 3.69. The molecule has 6 heteroatoms. The van der Waals surface area contributed by atoms with Gasteiger partial charge in [-0.25, -0.2) is 5.01 Å². The number of aromatic hydroxyl groups is 1. The molecule has 2 heterocycles. The van der Waals surface area contributed by atoms with Crippen molar-refractivity contribution < 1.29 is 9.90 Å². The molecule has 0 aliphatic carbocycles. The number of aromatic nitrogens is 1. The van der Waals surface area contributed by atoms with Gasteiger partial charge in [-0.2, -0.15) is 5.10 Å². The molecule has 27 heavy (non-hydrogen) atoms. The number of phenolic OH excluding ortho intramolecular Hbond substituents is 1. The third-order valence-electron chi connectivity index (χ3n) is 4.52. The van der Waals surface area contributed by atoms with Gasteiger partial charge in [0, 0.05) is 34.4 Å². The summed E-state index contributed by atoms with van der Waals surface area (Å²) >= 11 is 3.43. The largest absolute Gasteiger partial charge is 0.508 e. The van der Waals surface area contributed by atoms with E-state index in [4.69, 9.17) is 0 Å². The number of amides is 1. The monoisotopic (exact) mass is 421 g/mol. The van der Waals surface area contributed by atoms with E-state index in [1.807, 2.05) is 36.4 Å². The predicted octanol–water partition coefficient (Wildman–Crippen LogP) is 4.54. The molecule has 0 radical (unpaired) electrons. The number of rotatable bonds is 3. The number of nitrogens with zero attached hydrogens (tertiary/aromatic N) is 3. The molecule has 0 spiro atoms. The molecule has 134 valence electrons. The molecular formula is C21H16BrN3O2. The van der Waals surface area contributed by atoms with Crippen LogP contribution < -0.4 is 0 Å². The lowest BCUT2D eigenvalue weighted by atomic mass is 9.97. The zero-order valence-corrected chi connectivity index (χ0v) is 15.9. The molecule has 0 bridgehead atoms. The summed E-state index contributed by atoms with van der Waals surface area (Å²) in [5.74, 6) is -0.0694. The zero-order chi connectivity index (χ0) is 18.8. The molecule has 2 aromatic carbocycles. The van der Waals surface area contributed by atoms with Crippen molar-refractivity contribution >= 4 is 27.5 Å². The lowest BCUT2D eigenvalue weighted by Gasteiger charge is -2.22. The highest BCUT2D eigenvalue weighted by atomic mass is 79.9. The van der Waals surface area contributed by atoms with Crippen molar-refractivity contribution in [2.45, 2.75) is 12.5 Å². The summed E-state index contributed by atoms with van der Waals surface area (Å²) in [7, 11) is 0. The highest BCUT2D eigenvalue weighted by Crippen LogP contribution is 2.37. The smallest absolute Gasteiger partial charge is 0.274 e. The number of hydrogen-bond acceptors (Lipinski definition) is 4. The number of hydrogen-bond donors (Lipinski definition) is 1. The van der Waals surface area contributed by atoms with Crippen molar-refractivity contribution in [3.8, 4) is 5.75 Å². The molecule has 0 unspecified atom stereocenters. The Balaban J connectivity index is 1.75. The van der Waals surface area contributed by atoms with Crippen molar-refractivity contribution in [2.75, 3.05) is 0 Å². The number of benzene rings is 2. The van der Waals surface area contributed by atoms with E-state index in [9.17, 15) is 9.90 Å². The lowest BCUT2D eigenvalue weighted by molar-refractivity contribution is 0.0709. The van der Waals surface area contributed by atoms with E-state index in [1.54, 1.807) is 36.7 Å². The topological polar surface area (TPSA) is 65.8 Å². The van der Waals surface area contributed by atoms with Crippen LogP contribution in [0.2, 0.25) is 0 Å². The van der Waals surface area contributed by atoms with Gasteiger partial charge in [0.15, 0.2) is 0 Å². The first-order chi connectivity index (χ1) is 13.1. The molecule has 1 atom stereocenters. The van der Waals surface area contributed by atoms with Crippen LogP contribution in [0.1, 0.15) is 33.9 Å². The lowest BCUT2D eigenvalue weighted by Crippen LogP contribution is -2.27. The van der Waals surface area contributed by atoms with Crippen LogP contribution in [0, 0.1) is 0 Å². The normalized spacial score (nSPS) is 16.3. The van der Waals surface area contributed by atoms with Crippen LogP contribution in [-0.2, 0) is 0 Å². The van der Waals surface area contributed by atoms with Gasteiger partial charge in [0.1, 0.15) is 5.75 Å². The Hall–Kier alpha value is -2.99. The molecule has 4 rings (SSSR count). The van der Waals surface area contributed by atoms with Gasteiger partial charge >= 0.3 is 0 Å². The number of para-hydroxylation sites is 1. The average molecular weight is 422 g/mol. The van der Waals surface area contributed by atoms with E-state index in [2.05, 4.69) is 26.0 Å². The quantitative estimate of drug-likeness (QED) is 0.674. The Morgan fingerprint density at radius 1 is 1.04 bits per heavy atom. The second-order valence-electron chi connectivity index (χ2n) is 6.22. The minimum Gasteiger partial charge on any atom is -0.508 e. The molecular weight excluding hydrogens is 406 g/mol. The molecule has 0 saturated heterocycles. The van der Waals surface area contributed by atoms with E-state index < -0.39 is 0 Å². The average Bonchev–Trinajstić information content (AvgIpc) is 3.14. The minimum absolute atomic E-state index is 0.155. The van der Waals surface area contributed by atoms with Crippen LogP contribution in [0.15, 0.2) is 82.6 Å². The Morgan fingerprint density at radius 2 is 1.74 bits per heavy atom. The summed E-state index contributed by atoms with van der Waals surface area (Å²) in [5, 5.41) is 16.4. The highest BCUT2D eigenvalue weighted by molar-refractivity contribution is 9.10. The van der Waals surface area contributed by atoms with Crippen LogP contribution >= 0.6 is 15.9 Å². The van der Waals surface area contributed by atoms with Gasteiger partial charge in [-0.05, 0) is 35.9 Å². The van der Waals surface area contributed by atoms with Crippen LogP contribution in [-0.4, -0.2) is 26.7 Å². The third kappa shape index (κ3) is 3.48. The second kappa shape index (κ2) is 7.32. The maximum absolute atomic E-state index is 13.1. The molecule has 1 amide bonds. The van der Waals surface area contributed by atoms with E-state index in [1.165, 1.54) is 5.01 Å². The summed E-state index contributed by atoms with van der Waals surface area (Å²) in [6, 6.07) is 17.8. The van der Waals surface area contributed by atoms with Crippen molar-refractivity contribution in [3.05, 3.63) is 94.2 Å². The van der Waals surface area contributed by atoms with Crippen LogP contribution in [0.5, 0.6) is 5.75 Å². The molecule has 1 aliphatic rings. The van der Waals surface area contributed by atoms with Gasteiger partial charge in [-0.3, -0.25) is 9.78 Å². The first-order valence-electron chi connectivity index (χ1n) is 8.48. The van der Waals surface area contributed by atoms with Crippen molar-refractivity contribution in [1.29, 1.82) is 0 Å². The minimum atomic E-state index is -0.370. The van der Waals surface area contributed by atoms with Crippen LogP contribution in [0.25, 0.3) is 0 Å². The summed E-state index contributed by atoms with van der Waals surface area (Å²) in [5.41, 5.74) is 2.93. The van der Waals surface area contributed by atoms with Gasteiger partial charge in [-0.15, -0.1) is 0 Å². The summed E-state index contributed by atoms with van der Waals surface area (Å²) in [4.78, 5) is 17.0. The number of halogens is 1. The molecule has 1 aromatic heterocycles. The van der Waals surface area contributed by atoms with E-state index in [-0.39, 0.29) is 17.7 Å². The fourth-order valence-electron chi connectivity index (χ4n) is 3.15. The Bertz CT molecular complexity index is 1000. The maximum Gasteiger partial charge on any atom is 0.274 e. The Labute approximate surface area is 165 Å². The number of hydrazone groups is 1. The number of carbonyl (C=O) groups is 1. The van der Waals surface area contributed by atoms with E-state index >= 15 is 0 Å². The van der Waals surface area contributed by atoms with Crippen LogP contribution in [0.3, 0.4) is 0 Å². The van der Waals surface area contributed by atoms with Gasteiger partial charge in [-0.1, -0.05) is 46.3 Å². The fourth-order valence-corrected chi connectivity index (χ4v) is 3.42. The van der Waals surface area contributed by atoms with Crippen molar-refractivity contribution in [1.82, 2.24) is 9.99 Å². The SMILES string of the molecule is O=C(c1ccncc1)N1N=C(c2ccc(Br)cc2)C[C@@H]1c1ccccc1O. The van der Waals surface area contributed by atoms with Gasteiger partial charge in [0.05, 0.1) is 11.8 Å². The highest BCUT2D eigenvalue weighted by Gasteiger charge is 2.34. The first-order valence-corrected chi connectivity index (χ1v) is 9.27. The number of carbonyl (C=O) groups excluding carboxylic acids is 1. The van der Waals surface area contributed by atoms with Crippen LogP contribution in [0.4, 0.5) is 0 Å². The van der Waals surface area contributed by atoms with Gasteiger partial charge in [0.25, 0.3) is 5.91 Å². The van der Waals surface area contributed by atoms with E-state index in [0.29, 0.717) is 17.5 Å². The van der Waals surface area contributed by atoms with Gasteiger partial charge in [0.2, 0.25) is 0 Å². The first kappa shape index (κ1) is 17.4. The second-order valence-corrected chi connectivity index (χ2v) is 7.13. The molecule has 0 saturated carbocycles. The maximum atomic E-state index is 13.1. The molecule has 1 aliphatic heterocycles. The van der Waals surface area contributed by atoms with Crippen molar-refractivity contribution in [3.63, 3.8) is 0 Å². The Kier molecular flexibility index (Phi) is 4.73. The molecule has 3 aromatic rings. The Morgan fingerprint density at radius 3 is 2.44 bits per heavy atom. The van der Waals surface area contributed by atoms with E-state index in [0.717, 1.165) is 15.7 Å². The fraction of sp³-hybridized carbons (Fsp3) is 0.0952. The molecule has 0 fully saturated rings. The third-order valence-corrected chi connectivity index (χ3v) is 5.05.